The molecule has 0 saturated heterocycles. The molecule has 0 spiro atoms. The largest absolute Gasteiger partial charge is 0.375 e. The van der Waals surface area contributed by atoms with Crippen LogP contribution < -0.4 is 5.32 Å². The van der Waals surface area contributed by atoms with E-state index in [0.29, 0.717) is 17.3 Å². The van der Waals surface area contributed by atoms with E-state index >= 15 is 0 Å². The fourth-order valence-electron chi connectivity index (χ4n) is 3.96. The third kappa shape index (κ3) is 3.25. The zero-order chi connectivity index (χ0) is 20.7. The standard InChI is InChI=1S/C22H21N5O3/c1-13-7-8-27-19(9-13)17(11-23-27)22(28)24-18-6-4-14-10-15(3-5-16(14)18)21-25-20(12-29-2)30-26-21/h3,5,7-11,18H,4,6,12H2,1-2H3,(H,24,28)/t18-/m1/s1. The number of carbonyl (C=O) groups excluding carboxylic acids is 1. The minimum Gasteiger partial charge on any atom is -0.375 e. The summed E-state index contributed by atoms with van der Waals surface area (Å²) in [6.07, 6.45) is 5.22. The van der Waals surface area contributed by atoms with Crippen LogP contribution in [0.2, 0.25) is 0 Å². The van der Waals surface area contributed by atoms with Gasteiger partial charge in [0.15, 0.2) is 0 Å². The molecular formula is C22H21N5O3. The number of aromatic nitrogens is 4. The van der Waals surface area contributed by atoms with Crippen LogP contribution in [-0.2, 0) is 17.8 Å². The van der Waals surface area contributed by atoms with Crippen molar-refractivity contribution in [1.82, 2.24) is 25.1 Å². The summed E-state index contributed by atoms with van der Waals surface area (Å²) in [5.74, 6) is 0.876. The van der Waals surface area contributed by atoms with E-state index in [0.717, 1.165) is 35.0 Å². The Bertz CT molecular complexity index is 1240. The Morgan fingerprint density at radius 3 is 3.10 bits per heavy atom. The van der Waals surface area contributed by atoms with Gasteiger partial charge in [-0.3, -0.25) is 4.79 Å². The molecule has 3 aromatic heterocycles. The number of rotatable bonds is 5. The van der Waals surface area contributed by atoms with Gasteiger partial charge < -0.3 is 14.6 Å². The van der Waals surface area contributed by atoms with Gasteiger partial charge >= 0.3 is 0 Å². The molecule has 1 amide bonds. The predicted octanol–water partition coefficient (Wildman–Crippen LogP) is 3.26. The number of hydrogen-bond acceptors (Lipinski definition) is 6. The molecule has 1 atom stereocenters. The minimum atomic E-state index is -0.111. The molecule has 0 bridgehead atoms. The van der Waals surface area contributed by atoms with Gasteiger partial charge in [-0.1, -0.05) is 17.3 Å². The van der Waals surface area contributed by atoms with Gasteiger partial charge in [0.25, 0.3) is 11.8 Å². The van der Waals surface area contributed by atoms with Crippen LogP contribution in [0.5, 0.6) is 0 Å². The highest BCUT2D eigenvalue weighted by atomic mass is 16.5. The van der Waals surface area contributed by atoms with E-state index in [1.807, 2.05) is 37.4 Å². The number of benzene rings is 1. The molecule has 1 N–H and O–H groups in total. The molecule has 8 nitrogen and oxygen atoms in total. The van der Waals surface area contributed by atoms with Crippen LogP contribution in [0.4, 0.5) is 0 Å². The first-order valence-electron chi connectivity index (χ1n) is 9.82. The molecule has 1 aliphatic rings. The summed E-state index contributed by atoms with van der Waals surface area (Å²) in [4.78, 5) is 17.3. The summed E-state index contributed by atoms with van der Waals surface area (Å²) >= 11 is 0. The summed E-state index contributed by atoms with van der Waals surface area (Å²) in [5.41, 5.74) is 5.69. The molecule has 0 unspecified atom stereocenters. The highest BCUT2D eigenvalue weighted by Gasteiger charge is 2.26. The maximum Gasteiger partial charge on any atom is 0.255 e. The van der Waals surface area contributed by atoms with Gasteiger partial charge in [-0.15, -0.1) is 0 Å². The van der Waals surface area contributed by atoms with Gasteiger partial charge in [0.05, 0.1) is 23.3 Å². The molecule has 0 aliphatic heterocycles. The zero-order valence-electron chi connectivity index (χ0n) is 16.8. The fraction of sp³-hybridized carbons (Fsp3) is 0.273. The van der Waals surface area contributed by atoms with Crippen molar-refractivity contribution in [1.29, 1.82) is 0 Å². The van der Waals surface area contributed by atoms with Crippen LogP contribution in [0, 0.1) is 6.92 Å². The van der Waals surface area contributed by atoms with E-state index in [2.05, 4.69) is 26.6 Å². The topological polar surface area (TPSA) is 94.5 Å². The van der Waals surface area contributed by atoms with Crippen LogP contribution >= 0.6 is 0 Å². The number of nitrogens with one attached hydrogen (secondary N) is 1. The molecule has 0 fully saturated rings. The SMILES string of the molecule is COCc1nc(-c2ccc3c(c2)CC[C@H]3NC(=O)c2cnn3ccc(C)cc23)no1. The molecule has 5 rings (SSSR count). The number of amides is 1. The molecular weight excluding hydrogens is 382 g/mol. The Labute approximate surface area is 172 Å². The van der Waals surface area contributed by atoms with Gasteiger partial charge in [0.1, 0.15) is 6.61 Å². The average Bonchev–Trinajstić information content (AvgIpc) is 3.46. The molecule has 4 aromatic rings. The third-order valence-corrected chi connectivity index (χ3v) is 5.44. The van der Waals surface area contributed by atoms with Crippen LogP contribution in [0.15, 0.2) is 47.2 Å². The molecule has 3 heterocycles. The third-order valence-electron chi connectivity index (χ3n) is 5.44. The molecule has 8 heteroatoms. The number of carbonyl (C=O) groups is 1. The molecule has 152 valence electrons. The Hall–Kier alpha value is -3.52. The van der Waals surface area contributed by atoms with E-state index < -0.39 is 0 Å². The second-order valence-corrected chi connectivity index (χ2v) is 7.52. The molecule has 0 saturated carbocycles. The first kappa shape index (κ1) is 18.5. The average molecular weight is 403 g/mol. The quantitative estimate of drug-likeness (QED) is 0.550. The normalized spacial score (nSPS) is 15.5. The second kappa shape index (κ2) is 7.38. The zero-order valence-corrected chi connectivity index (χ0v) is 16.8. The van der Waals surface area contributed by atoms with E-state index in [1.54, 1.807) is 17.8 Å². The molecule has 1 aliphatic carbocycles. The van der Waals surface area contributed by atoms with Crippen molar-refractivity contribution in [3.8, 4) is 11.4 Å². The van der Waals surface area contributed by atoms with Gasteiger partial charge in [-0.25, -0.2) is 4.52 Å². The van der Waals surface area contributed by atoms with Crippen LogP contribution in [0.25, 0.3) is 16.9 Å². The van der Waals surface area contributed by atoms with E-state index in [9.17, 15) is 4.79 Å². The lowest BCUT2D eigenvalue weighted by molar-refractivity contribution is 0.0938. The summed E-state index contributed by atoms with van der Waals surface area (Å²) < 4.78 is 11.9. The number of fused-ring (bicyclic) bond motifs is 2. The first-order valence-corrected chi connectivity index (χ1v) is 9.82. The highest BCUT2D eigenvalue weighted by molar-refractivity contribution is 6.00. The number of nitrogens with zero attached hydrogens (tertiary/aromatic N) is 4. The lowest BCUT2D eigenvalue weighted by Crippen LogP contribution is -2.27. The van der Waals surface area contributed by atoms with Crippen molar-refractivity contribution in [2.24, 2.45) is 0 Å². The minimum absolute atomic E-state index is 0.0318. The summed E-state index contributed by atoms with van der Waals surface area (Å²) in [7, 11) is 1.59. The summed E-state index contributed by atoms with van der Waals surface area (Å²) in [6, 6.07) is 9.98. The van der Waals surface area contributed by atoms with Crippen LogP contribution in [0.1, 0.15) is 45.4 Å². The maximum absolute atomic E-state index is 12.9. The smallest absolute Gasteiger partial charge is 0.255 e. The Balaban J connectivity index is 1.36. The summed E-state index contributed by atoms with van der Waals surface area (Å²) in [6.45, 7) is 2.29. The molecule has 1 aromatic carbocycles. The van der Waals surface area contributed by atoms with Crippen molar-refractivity contribution in [2.75, 3.05) is 7.11 Å². The van der Waals surface area contributed by atoms with Crippen molar-refractivity contribution in [3.63, 3.8) is 0 Å². The molecule has 30 heavy (non-hydrogen) atoms. The van der Waals surface area contributed by atoms with E-state index in [-0.39, 0.29) is 18.6 Å². The highest BCUT2D eigenvalue weighted by Crippen LogP contribution is 2.34. The van der Waals surface area contributed by atoms with Gasteiger partial charge in [0, 0.05) is 18.9 Å². The first-order chi connectivity index (χ1) is 14.6. The Kier molecular flexibility index (Phi) is 4.55. The maximum atomic E-state index is 12.9. The van der Waals surface area contributed by atoms with Crippen molar-refractivity contribution >= 4 is 11.4 Å². The number of aryl methyl sites for hydroxylation is 2. The fourth-order valence-corrected chi connectivity index (χ4v) is 3.96. The Morgan fingerprint density at radius 2 is 2.23 bits per heavy atom. The van der Waals surface area contributed by atoms with E-state index in [1.165, 1.54) is 5.56 Å². The van der Waals surface area contributed by atoms with Crippen LogP contribution in [0.3, 0.4) is 0 Å². The lowest BCUT2D eigenvalue weighted by Gasteiger charge is -2.14. The van der Waals surface area contributed by atoms with Crippen molar-refractivity contribution < 1.29 is 14.1 Å². The van der Waals surface area contributed by atoms with Crippen molar-refractivity contribution in [2.45, 2.75) is 32.4 Å². The summed E-state index contributed by atoms with van der Waals surface area (Å²) in [5, 5.41) is 11.5. The predicted molar refractivity (Wildman–Crippen MR) is 109 cm³/mol. The second-order valence-electron chi connectivity index (χ2n) is 7.52. The van der Waals surface area contributed by atoms with Crippen molar-refractivity contribution in [3.05, 3.63) is 70.9 Å². The van der Waals surface area contributed by atoms with Crippen LogP contribution in [-0.4, -0.2) is 32.8 Å². The molecule has 0 radical (unpaired) electrons. The lowest BCUT2D eigenvalue weighted by atomic mass is 10.0. The van der Waals surface area contributed by atoms with Gasteiger partial charge in [-0.2, -0.15) is 10.1 Å². The monoisotopic (exact) mass is 403 g/mol. The van der Waals surface area contributed by atoms with Gasteiger partial charge in [-0.05, 0) is 54.7 Å². The number of pyridine rings is 1. The number of ether oxygens (including phenoxy) is 1. The van der Waals surface area contributed by atoms with Gasteiger partial charge in [0.2, 0.25) is 5.82 Å². The number of hydrogen-bond donors (Lipinski definition) is 1. The Morgan fingerprint density at radius 1 is 1.33 bits per heavy atom. The van der Waals surface area contributed by atoms with E-state index in [4.69, 9.17) is 9.26 Å². The number of methoxy groups -OCH3 is 1.